The van der Waals surface area contributed by atoms with E-state index in [4.69, 9.17) is 11.6 Å². The Bertz CT molecular complexity index is 519. The standard InChI is InChI=1S/C16H22ClN3O2/c1-2-3-4-9-18-15(21)12-19-10-11-20(16(19)22)14-7-5-13(17)6-8-14/h5-8H,2-4,9-12H2,1H3,(H,18,21). The van der Waals surface area contributed by atoms with Gasteiger partial charge in [0.15, 0.2) is 0 Å². The largest absolute Gasteiger partial charge is 0.355 e. The fourth-order valence-electron chi connectivity index (χ4n) is 2.42. The molecule has 1 aliphatic heterocycles. The number of rotatable bonds is 7. The van der Waals surface area contributed by atoms with Crippen molar-refractivity contribution < 1.29 is 9.59 Å². The molecule has 0 unspecified atom stereocenters. The summed E-state index contributed by atoms with van der Waals surface area (Å²) in [4.78, 5) is 27.4. The Kier molecular flexibility index (Phi) is 6.07. The van der Waals surface area contributed by atoms with Gasteiger partial charge < -0.3 is 10.2 Å². The second kappa shape index (κ2) is 8.03. The van der Waals surface area contributed by atoms with Gasteiger partial charge in [0, 0.05) is 30.3 Å². The summed E-state index contributed by atoms with van der Waals surface area (Å²) in [6.07, 6.45) is 3.21. The number of anilines is 1. The Morgan fingerprint density at radius 2 is 1.95 bits per heavy atom. The van der Waals surface area contributed by atoms with E-state index in [-0.39, 0.29) is 18.5 Å². The van der Waals surface area contributed by atoms with E-state index in [1.807, 2.05) is 12.1 Å². The van der Waals surface area contributed by atoms with Crippen LogP contribution in [0.1, 0.15) is 26.2 Å². The summed E-state index contributed by atoms with van der Waals surface area (Å²) < 4.78 is 0. The third-order valence-corrected chi connectivity index (χ3v) is 3.92. The normalized spacial score (nSPS) is 14.5. The Morgan fingerprint density at radius 1 is 1.23 bits per heavy atom. The molecule has 0 aromatic heterocycles. The van der Waals surface area contributed by atoms with Crippen LogP contribution in [0.2, 0.25) is 5.02 Å². The molecule has 1 aromatic rings. The maximum Gasteiger partial charge on any atom is 0.325 e. The lowest BCUT2D eigenvalue weighted by molar-refractivity contribution is -0.121. The van der Waals surface area contributed by atoms with Crippen molar-refractivity contribution >= 4 is 29.2 Å². The third kappa shape index (κ3) is 4.37. The number of carbonyl (C=O) groups excluding carboxylic acids is 2. The summed E-state index contributed by atoms with van der Waals surface area (Å²) in [5, 5.41) is 3.50. The van der Waals surface area contributed by atoms with Crippen molar-refractivity contribution in [2.45, 2.75) is 26.2 Å². The van der Waals surface area contributed by atoms with E-state index in [2.05, 4.69) is 12.2 Å². The number of nitrogens with one attached hydrogen (secondary N) is 1. The van der Waals surface area contributed by atoms with Gasteiger partial charge in [0.05, 0.1) is 0 Å². The van der Waals surface area contributed by atoms with Gasteiger partial charge in [-0.1, -0.05) is 31.4 Å². The molecule has 6 heteroatoms. The lowest BCUT2D eigenvalue weighted by atomic mass is 10.2. The molecule has 1 aromatic carbocycles. The quantitative estimate of drug-likeness (QED) is 0.784. The molecule has 22 heavy (non-hydrogen) atoms. The first kappa shape index (κ1) is 16.6. The number of benzene rings is 1. The van der Waals surface area contributed by atoms with Crippen LogP contribution in [0.3, 0.4) is 0 Å². The molecule has 0 saturated carbocycles. The van der Waals surface area contributed by atoms with Gasteiger partial charge in [-0.05, 0) is 30.7 Å². The van der Waals surface area contributed by atoms with Crippen LogP contribution in [0, 0.1) is 0 Å². The number of amides is 3. The van der Waals surface area contributed by atoms with Gasteiger partial charge in [-0.2, -0.15) is 0 Å². The predicted molar refractivity (Wildman–Crippen MR) is 88.3 cm³/mol. The molecule has 1 heterocycles. The number of carbonyl (C=O) groups is 2. The van der Waals surface area contributed by atoms with Crippen LogP contribution in [0.15, 0.2) is 24.3 Å². The molecule has 5 nitrogen and oxygen atoms in total. The van der Waals surface area contributed by atoms with E-state index in [1.54, 1.807) is 21.9 Å². The maximum atomic E-state index is 12.3. The van der Waals surface area contributed by atoms with Crippen LogP contribution in [0.4, 0.5) is 10.5 Å². The van der Waals surface area contributed by atoms with E-state index in [1.165, 1.54) is 0 Å². The molecule has 2 rings (SSSR count). The van der Waals surface area contributed by atoms with Crippen LogP contribution in [-0.4, -0.2) is 43.0 Å². The highest BCUT2D eigenvalue weighted by Crippen LogP contribution is 2.22. The first-order valence-corrected chi connectivity index (χ1v) is 8.08. The van der Waals surface area contributed by atoms with Crippen molar-refractivity contribution in [2.24, 2.45) is 0 Å². The SMILES string of the molecule is CCCCCNC(=O)CN1CCN(c2ccc(Cl)cc2)C1=O. The highest BCUT2D eigenvalue weighted by atomic mass is 35.5. The summed E-state index contributed by atoms with van der Waals surface area (Å²) in [5.74, 6) is -0.0950. The zero-order valence-corrected chi connectivity index (χ0v) is 13.6. The monoisotopic (exact) mass is 323 g/mol. The number of hydrogen-bond acceptors (Lipinski definition) is 2. The highest BCUT2D eigenvalue weighted by molar-refractivity contribution is 6.30. The maximum absolute atomic E-state index is 12.3. The van der Waals surface area contributed by atoms with Crippen LogP contribution < -0.4 is 10.2 Å². The highest BCUT2D eigenvalue weighted by Gasteiger charge is 2.30. The Labute approximate surface area is 136 Å². The number of halogens is 1. The van der Waals surface area contributed by atoms with Crippen molar-refractivity contribution in [2.75, 3.05) is 31.1 Å². The zero-order chi connectivity index (χ0) is 15.9. The van der Waals surface area contributed by atoms with Crippen molar-refractivity contribution in [1.82, 2.24) is 10.2 Å². The van der Waals surface area contributed by atoms with Gasteiger partial charge >= 0.3 is 6.03 Å². The fourth-order valence-corrected chi connectivity index (χ4v) is 2.55. The van der Waals surface area contributed by atoms with E-state index in [9.17, 15) is 9.59 Å². The van der Waals surface area contributed by atoms with Crippen LogP contribution >= 0.6 is 11.6 Å². The summed E-state index contributed by atoms with van der Waals surface area (Å²) in [5.41, 5.74) is 0.806. The number of nitrogens with zero attached hydrogens (tertiary/aromatic N) is 2. The average Bonchev–Trinajstić information content (AvgIpc) is 2.86. The smallest absolute Gasteiger partial charge is 0.325 e. The van der Waals surface area contributed by atoms with Crippen molar-refractivity contribution in [3.8, 4) is 0 Å². The second-order valence-corrected chi connectivity index (χ2v) is 5.83. The lowest BCUT2D eigenvalue weighted by Crippen LogP contribution is -2.40. The van der Waals surface area contributed by atoms with Gasteiger partial charge in [-0.15, -0.1) is 0 Å². The van der Waals surface area contributed by atoms with Gasteiger partial charge in [0.1, 0.15) is 6.54 Å². The van der Waals surface area contributed by atoms with E-state index < -0.39 is 0 Å². The van der Waals surface area contributed by atoms with Gasteiger partial charge in [-0.25, -0.2) is 4.79 Å². The minimum absolute atomic E-state index is 0.0950. The van der Waals surface area contributed by atoms with Crippen LogP contribution in [0.5, 0.6) is 0 Å². The minimum atomic E-state index is -0.133. The lowest BCUT2D eigenvalue weighted by Gasteiger charge is -2.18. The van der Waals surface area contributed by atoms with E-state index >= 15 is 0 Å². The fraction of sp³-hybridized carbons (Fsp3) is 0.500. The summed E-state index contributed by atoms with van der Waals surface area (Å²) >= 11 is 5.86. The molecule has 0 radical (unpaired) electrons. The molecule has 1 N–H and O–H groups in total. The molecule has 0 atom stereocenters. The Hall–Kier alpha value is -1.75. The zero-order valence-electron chi connectivity index (χ0n) is 12.8. The molecule has 1 fully saturated rings. The molecule has 120 valence electrons. The van der Waals surface area contributed by atoms with E-state index in [0.29, 0.717) is 24.7 Å². The molecule has 1 saturated heterocycles. The average molecular weight is 324 g/mol. The number of unbranched alkanes of at least 4 members (excludes halogenated alkanes) is 2. The van der Waals surface area contributed by atoms with Crippen molar-refractivity contribution in [1.29, 1.82) is 0 Å². The summed E-state index contributed by atoms with van der Waals surface area (Å²) in [6.45, 7) is 4.06. The van der Waals surface area contributed by atoms with Crippen molar-refractivity contribution in [3.05, 3.63) is 29.3 Å². The predicted octanol–water partition coefficient (Wildman–Crippen LogP) is 2.89. The van der Waals surface area contributed by atoms with E-state index in [0.717, 1.165) is 24.9 Å². The minimum Gasteiger partial charge on any atom is -0.355 e. The third-order valence-electron chi connectivity index (χ3n) is 3.67. The molecule has 3 amide bonds. The molecule has 0 bridgehead atoms. The molecular formula is C16H22ClN3O2. The first-order valence-electron chi connectivity index (χ1n) is 7.70. The Morgan fingerprint density at radius 3 is 2.64 bits per heavy atom. The van der Waals surface area contributed by atoms with Crippen LogP contribution in [0.25, 0.3) is 0 Å². The topological polar surface area (TPSA) is 52.7 Å². The summed E-state index contributed by atoms with van der Waals surface area (Å²) in [6, 6.07) is 7.01. The summed E-state index contributed by atoms with van der Waals surface area (Å²) in [7, 11) is 0. The van der Waals surface area contributed by atoms with Gasteiger partial charge in [0.2, 0.25) is 5.91 Å². The number of hydrogen-bond donors (Lipinski definition) is 1. The molecular weight excluding hydrogens is 302 g/mol. The Balaban J connectivity index is 1.83. The molecule has 0 aliphatic carbocycles. The van der Waals surface area contributed by atoms with Gasteiger partial charge in [0.25, 0.3) is 0 Å². The molecule has 1 aliphatic rings. The van der Waals surface area contributed by atoms with Gasteiger partial charge in [-0.3, -0.25) is 9.69 Å². The number of urea groups is 1. The van der Waals surface area contributed by atoms with Crippen LogP contribution in [-0.2, 0) is 4.79 Å². The molecule has 0 spiro atoms. The van der Waals surface area contributed by atoms with Crippen molar-refractivity contribution in [3.63, 3.8) is 0 Å². The first-order chi connectivity index (χ1) is 10.6. The second-order valence-electron chi connectivity index (χ2n) is 5.39.